The van der Waals surface area contributed by atoms with Gasteiger partial charge in [0.05, 0.1) is 31.0 Å². The number of anilines is 1. The third kappa shape index (κ3) is 3.82. The molecule has 0 radical (unpaired) electrons. The molecule has 2 N–H and O–H groups in total. The molecular weight excluding hydrogens is 382 g/mol. The van der Waals surface area contributed by atoms with Crippen molar-refractivity contribution in [3.05, 3.63) is 23.9 Å². The topological polar surface area (TPSA) is 122 Å². The number of ether oxygens (including phenoxy) is 2. The molecule has 10 heteroatoms. The van der Waals surface area contributed by atoms with Crippen LogP contribution in [0.2, 0.25) is 0 Å². The lowest BCUT2D eigenvalue weighted by molar-refractivity contribution is 0.345. The van der Waals surface area contributed by atoms with Crippen LogP contribution in [0.4, 0.5) is 5.69 Å². The van der Waals surface area contributed by atoms with Crippen LogP contribution in [-0.2, 0) is 10.2 Å². The molecule has 1 aromatic carbocycles. The van der Waals surface area contributed by atoms with Crippen LogP contribution >= 0.6 is 0 Å². The van der Waals surface area contributed by atoms with Crippen molar-refractivity contribution in [3.8, 4) is 17.6 Å². The molecular formula is C18H23N5O4S. The third-order valence-electron chi connectivity index (χ3n) is 5.03. The van der Waals surface area contributed by atoms with Crippen molar-refractivity contribution in [2.45, 2.75) is 6.42 Å². The van der Waals surface area contributed by atoms with Crippen LogP contribution in [0.3, 0.4) is 0 Å². The molecule has 2 aromatic rings. The number of nitrogens with two attached hydrogens (primary N) is 1. The van der Waals surface area contributed by atoms with Crippen LogP contribution in [0.15, 0.2) is 18.3 Å². The minimum atomic E-state index is -3.66. The second kappa shape index (κ2) is 7.79. The third-order valence-corrected chi connectivity index (χ3v) is 6.08. The van der Waals surface area contributed by atoms with Gasteiger partial charge in [0.15, 0.2) is 11.5 Å². The minimum absolute atomic E-state index is 0.319. The average Bonchev–Trinajstić information content (AvgIpc) is 2.64. The first-order valence-electron chi connectivity index (χ1n) is 8.72. The van der Waals surface area contributed by atoms with Gasteiger partial charge in [0.2, 0.25) is 0 Å². The fraction of sp³-hybridized carbons (Fsp3) is 0.444. The molecule has 1 aliphatic heterocycles. The Morgan fingerprint density at radius 1 is 1.32 bits per heavy atom. The maximum Gasteiger partial charge on any atom is 0.276 e. The molecule has 0 bridgehead atoms. The zero-order valence-corrected chi connectivity index (χ0v) is 16.9. The zero-order valence-electron chi connectivity index (χ0n) is 16.0. The van der Waals surface area contributed by atoms with Crippen LogP contribution in [0.5, 0.6) is 11.5 Å². The van der Waals surface area contributed by atoms with Gasteiger partial charge in [0.1, 0.15) is 6.07 Å². The standard InChI is InChI=1S/C18H23N5O4S/c1-22(28(20,24)25)5-4-12-10-23(11-12)18-13(8-19)9-21-15-7-17(27-3)16(26-2)6-14(15)18/h6-7,9,12H,4-5,10-11H2,1-3H3,(H2,20,24,25). The highest BCUT2D eigenvalue weighted by atomic mass is 32.2. The van der Waals surface area contributed by atoms with Crippen molar-refractivity contribution < 1.29 is 17.9 Å². The van der Waals surface area contributed by atoms with Gasteiger partial charge in [-0.05, 0) is 18.4 Å². The smallest absolute Gasteiger partial charge is 0.276 e. The van der Waals surface area contributed by atoms with Gasteiger partial charge in [0, 0.05) is 44.3 Å². The lowest BCUT2D eigenvalue weighted by atomic mass is 9.93. The first-order valence-corrected chi connectivity index (χ1v) is 10.2. The summed E-state index contributed by atoms with van der Waals surface area (Å²) < 4.78 is 34.5. The summed E-state index contributed by atoms with van der Waals surface area (Å²) in [5, 5.41) is 15.5. The van der Waals surface area contributed by atoms with E-state index in [9.17, 15) is 13.7 Å². The molecule has 0 aliphatic carbocycles. The first kappa shape index (κ1) is 20.1. The fourth-order valence-electron chi connectivity index (χ4n) is 3.35. The Morgan fingerprint density at radius 3 is 2.54 bits per heavy atom. The number of nitrogens with zero attached hydrogens (tertiary/aromatic N) is 4. The SMILES string of the molecule is COc1cc2ncc(C#N)c(N3CC(CCN(C)S(N)(=O)=O)C3)c2cc1OC. The van der Waals surface area contributed by atoms with Crippen molar-refractivity contribution in [1.29, 1.82) is 5.26 Å². The van der Waals surface area contributed by atoms with Crippen LogP contribution < -0.4 is 19.5 Å². The summed E-state index contributed by atoms with van der Waals surface area (Å²) in [4.78, 5) is 6.48. The van der Waals surface area contributed by atoms with Crippen LogP contribution in [0.1, 0.15) is 12.0 Å². The highest BCUT2D eigenvalue weighted by Crippen LogP contribution is 2.39. The van der Waals surface area contributed by atoms with Gasteiger partial charge in [-0.3, -0.25) is 4.98 Å². The lowest BCUT2D eigenvalue weighted by Gasteiger charge is -2.42. The van der Waals surface area contributed by atoms with E-state index in [0.717, 1.165) is 28.5 Å². The molecule has 3 rings (SSSR count). The molecule has 0 saturated carbocycles. The van der Waals surface area contributed by atoms with Gasteiger partial charge in [-0.2, -0.15) is 18.0 Å². The predicted molar refractivity (Wildman–Crippen MR) is 106 cm³/mol. The van der Waals surface area contributed by atoms with E-state index in [1.54, 1.807) is 26.5 Å². The first-order chi connectivity index (χ1) is 13.3. The second-order valence-electron chi connectivity index (χ2n) is 6.78. The summed E-state index contributed by atoms with van der Waals surface area (Å²) in [5.74, 6) is 1.46. The average molecular weight is 405 g/mol. The quantitative estimate of drug-likeness (QED) is 0.731. The van der Waals surface area contributed by atoms with Gasteiger partial charge in [-0.15, -0.1) is 0 Å². The Labute approximate surface area is 164 Å². The van der Waals surface area contributed by atoms with Gasteiger partial charge in [0.25, 0.3) is 10.2 Å². The molecule has 0 atom stereocenters. The Bertz CT molecular complexity index is 1030. The highest BCUT2D eigenvalue weighted by Gasteiger charge is 2.31. The Balaban J connectivity index is 1.84. The number of hydrogen-bond donors (Lipinski definition) is 1. The minimum Gasteiger partial charge on any atom is -0.493 e. The monoisotopic (exact) mass is 405 g/mol. The number of methoxy groups -OCH3 is 2. The van der Waals surface area contributed by atoms with Crippen LogP contribution in [0, 0.1) is 17.2 Å². The van der Waals surface area contributed by atoms with Gasteiger partial charge >= 0.3 is 0 Å². The van der Waals surface area contributed by atoms with Crippen molar-refractivity contribution in [1.82, 2.24) is 9.29 Å². The normalized spacial score (nSPS) is 14.8. The van der Waals surface area contributed by atoms with E-state index in [2.05, 4.69) is 16.0 Å². The van der Waals surface area contributed by atoms with Gasteiger partial charge < -0.3 is 14.4 Å². The number of benzene rings is 1. The van der Waals surface area contributed by atoms with Crippen molar-refractivity contribution >= 4 is 26.8 Å². The molecule has 9 nitrogen and oxygen atoms in total. The summed E-state index contributed by atoms with van der Waals surface area (Å²) in [6.45, 7) is 1.81. The maximum absolute atomic E-state index is 11.3. The number of hydrogen-bond acceptors (Lipinski definition) is 7. The van der Waals surface area contributed by atoms with E-state index in [4.69, 9.17) is 14.6 Å². The summed E-state index contributed by atoms with van der Waals surface area (Å²) in [6.07, 6.45) is 2.26. The number of fused-ring (bicyclic) bond motifs is 1. The van der Waals surface area contributed by atoms with Gasteiger partial charge in [-0.25, -0.2) is 5.14 Å². The zero-order chi connectivity index (χ0) is 20.5. The van der Waals surface area contributed by atoms with Crippen LogP contribution in [-0.4, -0.2) is 58.6 Å². The Morgan fingerprint density at radius 2 is 1.96 bits per heavy atom. The molecule has 150 valence electrons. The second-order valence-corrected chi connectivity index (χ2v) is 8.44. The van der Waals surface area contributed by atoms with Crippen molar-refractivity contribution in [2.24, 2.45) is 11.1 Å². The molecule has 1 saturated heterocycles. The number of aromatic nitrogens is 1. The van der Waals surface area contributed by atoms with E-state index in [0.29, 0.717) is 41.5 Å². The Kier molecular flexibility index (Phi) is 5.60. The predicted octanol–water partition coefficient (Wildman–Crippen LogP) is 1.09. The van der Waals surface area contributed by atoms with E-state index < -0.39 is 10.2 Å². The number of pyridine rings is 1. The summed E-state index contributed by atoms with van der Waals surface area (Å²) in [7, 11) is 0.933. The lowest BCUT2D eigenvalue weighted by Crippen LogP contribution is -2.48. The molecule has 1 aromatic heterocycles. The molecule has 0 amide bonds. The molecule has 1 fully saturated rings. The highest BCUT2D eigenvalue weighted by molar-refractivity contribution is 7.86. The number of nitriles is 1. The van der Waals surface area contributed by atoms with Crippen LogP contribution in [0.25, 0.3) is 10.9 Å². The summed E-state index contributed by atoms with van der Waals surface area (Å²) in [5.41, 5.74) is 2.01. The molecule has 2 heterocycles. The largest absolute Gasteiger partial charge is 0.493 e. The van der Waals surface area contributed by atoms with Crippen molar-refractivity contribution in [3.63, 3.8) is 0 Å². The molecule has 0 unspecified atom stereocenters. The van der Waals surface area contributed by atoms with E-state index in [1.807, 2.05) is 6.07 Å². The molecule has 28 heavy (non-hydrogen) atoms. The van der Waals surface area contributed by atoms with E-state index in [1.165, 1.54) is 7.05 Å². The van der Waals surface area contributed by atoms with E-state index in [-0.39, 0.29) is 0 Å². The number of rotatable bonds is 7. The summed E-state index contributed by atoms with van der Waals surface area (Å²) >= 11 is 0. The summed E-state index contributed by atoms with van der Waals surface area (Å²) in [6, 6.07) is 5.83. The fourth-order valence-corrected chi connectivity index (χ4v) is 3.71. The van der Waals surface area contributed by atoms with E-state index >= 15 is 0 Å². The maximum atomic E-state index is 11.3. The van der Waals surface area contributed by atoms with Crippen molar-refractivity contribution in [2.75, 3.05) is 45.8 Å². The molecule has 0 spiro atoms. The molecule has 1 aliphatic rings. The van der Waals surface area contributed by atoms with Gasteiger partial charge in [-0.1, -0.05) is 0 Å². The Hall–Kier alpha value is -2.61.